The van der Waals surface area contributed by atoms with E-state index in [2.05, 4.69) is 9.44 Å². The molecule has 0 saturated heterocycles. The third-order valence-electron chi connectivity index (χ3n) is 2.71. The van der Waals surface area contributed by atoms with Crippen molar-refractivity contribution in [3.05, 3.63) is 58.8 Å². The molecule has 0 amide bonds. The number of benzene rings is 2. The van der Waals surface area contributed by atoms with Crippen LogP contribution in [0, 0.1) is 6.92 Å². The van der Waals surface area contributed by atoms with Crippen molar-refractivity contribution in [1.29, 1.82) is 0 Å². The molecule has 0 aliphatic rings. The average molecular weight is 339 g/mol. The summed E-state index contributed by atoms with van der Waals surface area (Å²) in [6.45, 7) is 1.86. The Morgan fingerprint density at radius 3 is 1.91 bits per heavy atom. The molecular formula is C14H15N2O4S2-. The molecule has 0 saturated carbocycles. The molecular weight excluding hydrogens is 324 g/mol. The highest BCUT2D eigenvalue weighted by molar-refractivity contribution is 7.94. The van der Waals surface area contributed by atoms with Gasteiger partial charge in [-0.2, -0.15) is 0 Å². The Bertz CT molecular complexity index is 856. The fourth-order valence-corrected chi connectivity index (χ4v) is 3.26. The lowest BCUT2D eigenvalue weighted by Gasteiger charge is -2.22. The zero-order valence-corrected chi connectivity index (χ0v) is 13.6. The lowest BCUT2D eigenvalue weighted by atomic mass is 10.2. The molecule has 0 fully saturated rings. The second-order valence-corrected chi connectivity index (χ2v) is 8.15. The van der Waals surface area contributed by atoms with E-state index in [1.807, 2.05) is 6.92 Å². The summed E-state index contributed by atoms with van der Waals surface area (Å²) < 4.78 is 52.5. The van der Waals surface area contributed by atoms with E-state index in [1.54, 1.807) is 12.1 Å². The van der Waals surface area contributed by atoms with Crippen LogP contribution in [0.5, 0.6) is 0 Å². The van der Waals surface area contributed by atoms with Crippen LogP contribution in [0.25, 0.3) is 4.72 Å². The molecule has 22 heavy (non-hydrogen) atoms. The van der Waals surface area contributed by atoms with Crippen LogP contribution in [0.3, 0.4) is 0 Å². The smallest absolute Gasteiger partial charge is 0.229 e. The SMILES string of the molecule is Cc1ccc(S(=O)(=O)[N-]c2ccc(NS(C)(=O)=O)cc2)cc1. The predicted molar refractivity (Wildman–Crippen MR) is 86.3 cm³/mol. The van der Waals surface area contributed by atoms with Crippen LogP contribution >= 0.6 is 0 Å². The number of sulfonamides is 2. The number of nitrogens with zero attached hydrogens (tertiary/aromatic N) is 1. The minimum Gasteiger partial charge on any atom is -0.573 e. The number of nitrogens with one attached hydrogen (secondary N) is 1. The number of aryl methyl sites for hydroxylation is 1. The molecule has 118 valence electrons. The van der Waals surface area contributed by atoms with Gasteiger partial charge in [0.2, 0.25) is 10.0 Å². The fraction of sp³-hybridized carbons (Fsp3) is 0.143. The van der Waals surface area contributed by atoms with E-state index < -0.39 is 20.0 Å². The van der Waals surface area contributed by atoms with Gasteiger partial charge in [0.1, 0.15) is 10.0 Å². The summed E-state index contributed by atoms with van der Waals surface area (Å²) >= 11 is 0. The third kappa shape index (κ3) is 4.47. The summed E-state index contributed by atoms with van der Waals surface area (Å²) in [5, 5.41) is 0. The summed E-state index contributed by atoms with van der Waals surface area (Å²) in [4.78, 5) is 0.108. The van der Waals surface area contributed by atoms with Crippen molar-refractivity contribution in [1.82, 2.24) is 0 Å². The summed E-state index contributed by atoms with van der Waals surface area (Å²) in [5.74, 6) is 0. The van der Waals surface area contributed by atoms with Gasteiger partial charge in [0.25, 0.3) is 0 Å². The third-order valence-corrected chi connectivity index (χ3v) is 4.64. The largest absolute Gasteiger partial charge is 0.573 e. The van der Waals surface area contributed by atoms with Gasteiger partial charge in [-0.1, -0.05) is 29.8 Å². The second-order valence-electron chi connectivity index (χ2n) is 4.80. The summed E-state index contributed by atoms with van der Waals surface area (Å²) in [7, 11) is -7.16. The maximum absolute atomic E-state index is 12.1. The van der Waals surface area contributed by atoms with Gasteiger partial charge in [0, 0.05) is 5.69 Å². The maximum Gasteiger partial charge on any atom is 0.229 e. The molecule has 2 aromatic carbocycles. The molecule has 0 bridgehead atoms. The van der Waals surface area contributed by atoms with E-state index in [4.69, 9.17) is 0 Å². The van der Waals surface area contributed by atoms with Gasteiger partial charge in [-0.25, -0.2) is 16.8 Å². The molecule has 0 atom stereocenters. The minimum atomic E-state index is -3.79. The first-order chi connectivity index (χ1) is 10.2. The van der Waals surface area contributed by atoms with Gasteiger partial charge in [-0.3, -0.25) is 4.72 Å². The normalized spacial score (nSPS) is 11.9. The van der Waals surface area contributed by atoms with Crippen molar-refractivity contribution in [3.8, 4) is 0 Å². The van der Waals surface area contributed by atoms with Crippen LogP contribution in [0.15, 0.2) is 53.4 Å². The van der Waals surface area contributed by atoms with Crippen molar-refractivity contribution < 1.29 is 16.8 Å². The summed E-state index contributed by atoms with van der Waals surface area (Å²) in [5.41, 5.74) is 1.52. The van der Waals surface area contributed by atoms with Gasteiger partial charge >= 0.3 is 0 Å². The lowest BCUT2D eigenvalue weighted by molar-refractivity contribution is 0.602. The molecule has 2 aromatic rings. The molecule has 0 radical (unpaired) electrons. The Labute approximate surface area is 130 Å². The topological polar surface area (TPSA) is 94.4 Å². The molecule has 0 heterocycles. The van der Waals surface area contributed by atoms with E-state index in [0.29, 0.717) is 5.69 Å². The van der Waals surface area contributed by atoms with Crippen LogP contribution in [0.1, 0.15) is 5.56 Å². The molecule has 0 unspecified atom stereocenters. The number of hydrogen-bond donors (Lipinski definition) is 1. The number of anilines is 1. The summed E-state index contributed by atoms with van der Waals surface area (Å²) in [6, 6.07) is 12.1. The van der Waals surface area contributed by atoms with Crippen LogP contribution < -0.4 is 4.72 Å². The molecule has 1 N–H and O–H groups in total. The highest BCUT2D eigenvalue weighted by Gasteiger charge is 2.05. The van der Waals surface area contributed by atoms with Crippen molar-refractivity contribution in [2.45, 2.75) is 11.8 Å². The first-order valence-corrected chi connectivity index (χ1v) is 9.61. The molecule has 2 rings (SSSR count). The monoisotopic (exact) mass is 339 g/mol. The first-order valence-electron chi connectivity index (χ1n) is 6.28. The minimum absolute atomic E-state index is 0.108. The molecule has 6 nitrogen and oxygen atoms in total. The Balaban J connectivity index is 2.18. The Kier molecular flexibility index (Phi) is 4.43. The molecule has 0 aliphatic heterocycles. The van der Waals surface area contributed by atoms with E-state index in [9.17, 15) is 16.8 Å². The maximum atomic E-state index is 12.1. The van der Waals surface area contributed by atoms with Crippen molar-refractivity contribution in [2.24, 2.45) is 0 Å². The Morgan fingerprint density at radius 2 is 1.41 bits per heavy atom. The second kappa shape index (κ2) is 5.98. The Morgan fingerprint density at radius 1 is 0.864 bits per heavy atom. The number of rotatable bonds is 5. The van der Waals surface area contributed by atoms with Crippen LogP contribution in [0.2, 0.25) is 0 Å². The van der Waals surface area contributed by atoms with Crippen molar-refractivity contribution in [2.75, 3.05) is 11.0 Å². The number of hydrogen-bond acceptors (Lipinski definition) is 4. The molecule has 8 heteroatoms. The lowest BCUT2D eigenvalue weighted by Crippen LogP contribution is -2.09. The van der Waals surface area contributed by atoms with Gasteiger partial charge in [0.05, 0.1) is 11.2 Å². The van der Waals surface area contributed by atoms with Crippen molar-refractivity contribution in [3.63, 3.8) is 0 Å². The van der Waals surface area contributed by atoms with E-state index in [0.717, 1.165) is 11.8 Å². The van der Waals surface area contributed by atoms with Gasteiger partial charge in [-0.05, 0) is 31.2 Å². The quantitative estimate of drug-likeness (QED) is 0.906. The van der Waals surface area contributed by atoms with Gasteiger partial charge < -0.3 is 4.72 Å². The van der Waals surface area contributed by atoms with Gasteiger partial charge in [0.15, 0.2) is 0 Å². The van der Waals surface area contributed by atoms with Crippen LogP contribution in [-0.2, 0) is 20.0 Å². The highest BCUT2D eigenvalue weighted by Crippen LogP contribution is 2.28. The predicted octanol–water partition coefficient (Wildman–Crippen LogP) is 2.76. The van der Waals surface area contributed by atoms with Crippen LogP contribution in [-0.4, -0.2) is 23.1 Å². The molecule has 0 spiro atoms. The van der Waals surface area contributed by atoms with Gasteiger partial charge in [-0.15, -0.1) is 5.69 Å². The van der Waals surface area contributed by atoms with E-state index >= 15 is 0 Å². The fourth-order valence-electron chi connectivity index (χ4n) is 1.71. The molecule has 0 aliphatic carbocycles. The molecule has 0 aromatic heterocycles. The average Bonchev–Trinajstić information content (AvgIpc) is 2.39. The zero-order valence-electron chi connectivity index (χ0n) is 12.0. The highest BCUT2D eigenvalue weighted by atomic mass is 32.2. The first kappa shape index (κ1) is 16.3. The van der Waals surface area contributed by atoms with E-state index in [-0.39, 0.29) is 10.6 Å². The Hall–Kier alpha value is -2.06. The standard InChI is InChI=1S/C14H15N2O4S2/c1-11-3-9-14(10-4-11)22(19,20)16-13-7-5-12(6-8-13)15-21(2,17)18/h3-10,15H,1-2H3/q-1. The summed E-state index contributed by atoms with van der Waals surface area (Å²) in [6.07, 6.45) is 1.03. The van der Waals surface area contributed by atoms with E-state index in [1.165, 1.54) is 36.4 Å². The van der Waals surface area contributed by atoms with Crippen molar-refractivity contribution >= 4 is 31.4 Å². The zero-order chi connectivity index (χ0) is 16.4. The van der Waals surface area contributed by atoms with Crippen LogP contribution in [0.4, 0.5) is 11.4 Å².